The van der Waals surface area contributed by atoms with E-state index >= 15 is 0 Å². The van der Waals surface area contributed by atoms with Gasteiger partial charge in [0.1, 0.15) is 0 Å². The number of hydrogen-bond acceptors (Lipinski definition) is 5. The zero-order valence-electron chi connectivity index (χ0n) is 7.08. The number of carboxylic acid groups (broad SMARTS) is 1. The average Bonchev–Trinajstić information content (AvgIpc) is 2.32. The number of nitrogens with zero attached hydrogens (tertiary/aromatic N) is 5. The van der Waals surface area contributed by atoms with Crippen LogP contribution in [0.3, 0.4) is 0 Å². The summed E-state index contributed by atoms with van der Waals surface area (Å²) < 4.78 is 1.53. The average molecular weight is 183 g/mol. The van der Waals surface area contributed by atoms with Crippen molar-refractivity contribution in [3.05, 3.63) is 0 Å². The lowest BCUT2D eigenvalue weighted by molar-refractivity contribution is -0.142. The van der Waals surface area contributed by atoms with Crippen molar-refractivity contribution in [1.82, 2.24) is 20.2 Å². The summed E-state index contributed by atoms with van der Waals surface area (Å²) in [5, 5.41) is 19.5. The molecule has 2 heterocycles. The Balaban J connectivity index is 2.01. The summed E-state index contributed by atoms with van der Waals surface area (Å²) in [5.41, 5.74) is 0. The normalized spacial score (nSPS) is 17.2. The van der Waals surface area contributed by atoms with Gasteiger partial charge in [0.15, 0.2) is 0 Å². The van der Waals surface area contributed by atoms with Gasteiger partial charge in [-0.05, 0) is 10.4 Å². The molecule has 70 valence electrons. The summed E-state index contributed by atoms with van der Waals surface area (Å²) in [6.07, 6.45) is 0. The SMILES string of the molecule is Cn1nnnc1N1CC(C(=O)O)C1. The third-order valence-electron chi connectivity index (χ3n) is 2.11. The van der Waals surface area contributed by atoms with Crippen LogP contribution >= 0.6 is 0 Å². The van der Waals surface area contributed by atoms with Crippen molar-refractivity contribution in [2.45, 2.75) is 0 Å². The van der Waals surface area contributed by atoms with Crippen LogP contribution < -0.4 is 4.90 Å². The highest BCUT2D eigenvalue weighted by Crippen LogP contribution is 2.20. The Kier molecular flexibility index (Phi) is 1.64. The molecule has 7 heteroatoms. The molecule has 0 aromatic carbocycles. The van der Waals surface area contributed by atoms with E-state index in [1.165, 1.54) is 4.68 Å². The maximum Gasteiger partial charge on any atom is 0.310 e. The first-order valence-electron chi connectivity index (χ1n) is 3.88. The minimum absolute atomic E-state index is 0.281. The summed E-state index contributed by atoms with van der Waals surface area (Å²) >= 11 is 0. The Hall–Kier alpha value is -1.66. The first kappa shape index (κ1) is 7.96. The van der Waals surface area contributed by atoms with E-state index < -0.39 is 5.97 Å². The van der Waals surface area contributed by atoms with E-state index in [-0.39, 0.29) is 5.92 Å². The van der Waals surface area contributed by atoms with Gasteiger partial charge < -0.3 is 10.0 Å². The molecule has 1 aromatic heterocycles. The molecule has 1 fully saturated rings. The minimum Gasteiger partial charge on any atom is -0.481 e. The Labute approximate surface area is 73.9 Å². The molecule has 0 spiro atoms. The second kappa shape index (κ2) is 2.68. The molecule has 2 rings (SSSR count). The molecular weight excluding hydrogens is 174 g/mol. The van der Waals surface area contributed by atoms with Crippen LogP contribution in [0.25, 0.3) is 0 Å². The number of aliphatic carboxylic acids is 1. The second-order valence-electron chi connectivity index (χ2n) is 3.04. The van der Waals surface area contributed by atoms with Crippen LogP contribution in [0.5, 0.6) is 0 Å². The molecule has 1 aliphatic heterocycles. The van der Waals surface area contributed by atoms with Crippen molar-refractivity contribution < 1.29 is 9.90 Å². The predicted octanol–water partition coefficient (Wildman–Crippen LogP) is -1.27. The number of aromatic nitrogens is 4. The van der Waals surface area contributed by atoms with E-state index in [0.717, 1.165) is 0 Å². The van der Waals surface area contributed by atoms with Crippen LogP contribution in [-0.2, 0) is 11.8 Å². The van der Waals surface area contributed by atoms with Crippen molar-refractivity contribution in [3.63, 3.8) is 0 Å². The standard InChI is InChI=1S/C6H9N5O2/c1-10-6(7-8-9-10)11-2-4(3-11)5(12)13/h4H,2-3H2,1H3,(H,12,13). The molecular formula is C6H9N5O2. The molecule has 0 saturated carbocycles. The molecule has 0 radical (unpaired) electrons. The van der Waals surface area contributed by atoms with Gasteiger partial charge in [0.2, 0.25) is 5.95 Å². The van der Waals surface area contributed by atoms with Crippen LogP contribution in [0.1, 0.15) is 0 Å². The second-order valence-corrected chi connectivity index (χ2v) is 3.04. The Morgan fingerprint density at radius 3 is 2.77 bits per heavy atom. The lowest BCUT2D eigenvalue weighted by Gasteiger charge is -2.36. The summed E-state index contributed by atoms with van der Waals surface area (Å²) in [5.74, 6) is -0.416. The van der Waals surface area contributed by atoms with Gasteiger partial charge in [-0.2, -0.15) is 0 Å². The number of anilines is 1. The third-order valence-corrected chi connectivity index (χ3v) is 2.11. The van der Waals surface area contributed by atoms with E-state index in [0.29, 0.717) is 19.0 Å². The Morgan fingerprint density at radius 1 is 1.62 bits per heavy atom. The summed E-state index contributed by atoms with van der Waals surface area (Å²) in [7, 11) is 1.73. The van der Waals surface area contributed by atoms with Crippen LogP contribution in [0, 0.1) is 5.92 Å². The highest BCUT2D eigenvalue weighted by atomic mass is 16.4. The minimum atomic E-state index is -0.758. The molecule has 7 nitrogen and oxygen atoms in total. The van der Waals surface area contributed by atoms with E-state index in [4.69, 9.17) is 5.11 Å². The molecule has 1 saturated heterocycles. The molecule has 1 aromatic rings. The number of carboxylic acids is 1. The molecule has 0 amide bonds. The van der Waals surface area contributed by atoms with Crippen molar-refractivity contribution >= 4 is 11.9 Å². The first-order chi connectivity index (χ1) is 6.18. The van der Waals surface area contributed by atoms with Crippen LogP contribution in [-0.4, -0.2) is 44.4 Å². The maximum atomic E-state index is 10.5. The summed E-state index contributed by atoms with van der Waals surface area (Å²) in [6.45, 7) is 0.979. The topological polar surface area (TPSA) is 84.1 Å². The molecule has 0 atom stereocenters. The van der Waals surface area contributed by atoms with Crippen molar-refractivity contribution in [3.8, 4) is 0 Å². The van der Waals surface area contributed by atoms with E-state index in [1.54, 1.807) is 7.05 Å². The van der Waals surface area contributed by atoms with Gasteiger partial charge in [0.25, 0.3) is 0 Å². The fourth-order valence-corrected chi connectivity index (χ4v) is 1.29. The third kappa shape index (κ3) is 1.21. The highest BCUT2D eigenvalue weighted by Gasteiger charge is 2.34. The maximum absolute atomic E-state index is 10.5. The van der Waals surface area contributed by atoms with E-state index in [9.17, 15) is 4.79 Å². The van der Waals surface area contributed by atoms with Crippen molar-refractivity contribution in [1.29, 1.82) is 0 Å². The fourth-order valence-electron chi connectivity index (χ4n) is 1.29. The molecule has 0 aliphatic carbocycles. The monoisotopic (exact) mass is 183 g/mol. The van der Waals surface area contributed by atoms with Crippen LogP contribution in [0.2, 0.25) is 0 Å². The van der Waals surface area contributed by atoms with Gasteiger partial charge in [0.05, 0.1) is 5.92 Å². The number of carbonyl (C=O) groups is 1. The van der Waals surface area contributed by atoms with E-state index in [1.807, 2.05) is 4.90 Å². The van der Waals surface area contributed by atoms with Crippen molar-refractivity contribution in [2.75, 3.05) is 18.0 Å². The zero-order chi connectivity index (χ0) is 9.42. The van der Waals surface area contributed by atoms with Gasteiger partial charge >= 0.3 is 5.97 Å². The molecule has 1 aliphatic rings. The van der Waals surface area contributed by atoms with Crippen LogP contribution in [0.4, 0.5) is 5.95 Å². The van der Waals surface area contributed by atoms with Gasteiger partial charge in [-0.1, -0.05) is 5.10 Å². The summed E-state index contributed by atoms with van der Waals surface area (Å²) in [6, 6.07) is 0. The Morgan fingerprint density at radius 2 is 2.31 bits per heavy atom. The quantitative estimate of drug-likeness (QED) is 0.615. The number of tetrazole rings is 1. The molecule has 13 heavy (non-hydrogen) atoms. The number of rotatable bonds is 2. The highest BCUT2D eigenvalue weighted by molar-refractivity contribution is 5.73. The van der Waals surface area contributed by atoms with Gasteiger partial charge in [-0.25, -0.2) is 4.68 Å². The lowest BCUT2D eigenvalue weighted by atomic mass is 10.0. The number of aryl methyl sites for hydroxylation is 1. The lowest BCUT2D eigenvalue weighted by Crippen LogP contribution is -2.51. The van der Waals surface area contributed by atoms with Gasteiger partial charge in [-0.15, -0.1) is 0 Å². The fraction of sp³-hybridized carbons (Fsp3) is 0.667. The zero-order valence-corrected chi connectivity index (χ0v) is 7.08. The molecule has 1 N–H and O–H groups in total. The van der Waals surface area contributed by atoms with Crippen molar-refractivity contribution in [2.24, 2.45) is 13.0 Å². The van der Waals surface area contributed by atoms with E-state index in [2.05, 4.69) is 15.5 Å². The largest absolute Gasteiger partial charge is 0.481 e. The molecule has 0 bridgehead atoms. The Bertz CT molecular complexity index is 330. The summed E-state index contributed by atoms with van der Waals surface area (Å²) in [4.78, 5) is 12.3. The van der Waals surface area contributed by atoms with Gasteiger partial charge in [-0.3, -0.25) is 4.79 Å². The predicted molar refractivity (Wildman–Crippen MR) is 42.1 cm³/mol. The van der Waals surface area contributed by atoms with Crippen LogP contribution in [0.15, 0.2) is 0 Å². The van der Waals surface area contributed by atoms with Gasteiger partial charge in [0, 0.05) is 20.1 Å². The first-order valence-corrected chi connectivity index (χ1v) is 3.88. The number of hydrogen-bond donors (Lipinski definition) is 1. The smallest absolute Gasteiger partial charge is 0.310 e. The molecule has 0 unspecified atom stereocenters.